The van der Waals surface area contributed by atoms with E-state index in [4.69, 9.17) is 16.2 Å². The summed E-state index contributed by atoms with van der Waals surface area (Å²) in [6, 6.07) is 8.90. The van der Waals surface area contributed by atoms with Gasteiger partial charge < -0.3 is 106 Å². The van der Waals surface area contributed by atoms with E-state index in [1.54, 1.807) is 111 Å². The zero-order valence-electron chi connectivity index (χ0n) is 76.3. The van der Waals surface area contributed by atoms with Crippen LogP contribution in [0, 0.1) is 36.5 Å². The van der Waals surface area contributed by atoms with Crippen molar-refractivity contribution in [2.24, 2.45) is 41.1 Å². The van der Waals surface area contributed by atoms with Crippen LogP contribution in [0.2, 0.25) is 0 Å². The van der Waals surface area contributed by atoms with Crippen LogP contribution >= 0.6 is 11.8 Å². The molecule has 4 aromatic carbocycles. The van der Waals surface area contributed by atoms with Crippen molar-refractivity contribution >= 4 is 118 Å². The van der Waals surface area contributed by atoms with Crippen molar-refractivity contribution in [3.63, 3.8) is 0 Å². The van der Waals surface area contributed by atoms with Gasteiger partial charge >= 0.3 is 11.9 Å². The predicted molar refractivity (Wildman–Crippen MR) is 487 cm³/mol. The van der Waals surface area contributed by atoms with Gasteiger partial charge in [-0.05, 0) is 120 Å². The number of hydrogen-bond donors (Lipinski definition) is 18. The first-order chi connectivity index (χ1) is 62.3. The van der Waals surface area contributed by atoms with Crippen LogP contribution in [0.4, 0.5) is 0 Å². The van der Waals surface area contributed by atoms with Gasteiger partial charge in [0.05, 0.1) is 25.2 Å². The summed E-state index contributed by atoms with van der Waals surface area (Å²) in [5, 5.41) is 63.8. The molecule has 0 aliphatic carbocycles. The first kappa shape index (κ1) is 107. The fraction of sp³-hybridized carbons (Fsp3) is 0.489. The maximum atomic E-state index is 15.3. The molecule has 20 N–H and O–H groups in total. The highest BCUT2D eigenvalue weighted by atomic mass is 32.2. The summed E-state index contributed by atoms with van der Waals surface area (Å²) in [7, 11) is 1.28. The summed E-state index contributed by atoms with van der Waals surface area (Å²) in [6.45, 7) is 17.8. The number of likely N-dealkylation sites (N-methyl/N-ethyl adjacent to an activating group) is 1. The number of aromatic nitrogens is 1. The third kappa shape index (κ3) is 35.5. The minimum absolute atomic E-state index is 0.0964. The van der Waals surface area contributed by atoms with Crippen molar-refractivity contribution in [2.45, 2.75) is 225 Å². The number of hydrogen-bond acceptors (Lipinski definition) is 22. The molecule has 6 rings (SSSR count). The van der Waals surface area contributed by atoms with Crippen molar-refractivity contribution in [1.29, 1.82) is 0 Å². The number of aliphatic hydroxyl groups excluding tert-OH is 1. The van der Waals surface area contributed by atoms with E-state index in [0.29, 0.717) is 39.6 Å². The highest BCUT2D eigenvalue weighted by Gasteiger charge is 2.41. The molecular formula is C92H125N17O22S. The number of nitrogens with one attached hydrogen (secondary N) is 13. The van der Waals surface area contributed by atoms with Crippen LogP contribution in [0.5, 0.6) is 5.75 Å². The second-order valence-electron chi connectivity index (χ2n) is 34.6. The SMILES string of the molecule is Cc1cccc(C[C@@H]2NC(=O)[C@H](CC(=O)O)NC(=O)[C@H](Cc3ccncc3)NC(=O)[C@H](Cc3ccc(OCC(=O)O)cc3)NC(=O)CSC[C@@H](C(N)=O)NC(=O)[C@H](CO)NC(=O)[C@H](C(C)C)NC(=O)[C@H](CC(C)C)NC(=O)[C@H](CC(N)=O)NC(=O)[C@@H](CC(C)C)NC(=O)[C@H](C)N(C)C(=O)[C@H](C(C)C)NC(=O)[C@H](Cc3ccc(-c4ccccc4)cc3)NC(=O)[C@H](CC(C)C)NC2=O)c1. The number of pyridine rings is 1. The Hall–Kier alpha value is -13.4. The number of carbonyl (C=O) groups excluding carboxylic acids is 16. The Morgan fingerprint density at radius 2 is 0.826 bits per heavy atom. The van der Waals surface area contributed by atoms with Gasteiger partial charge in [-0.2, -0.15) is 0 Å². The van der Waals surface area contributed by atoms with E-state index in [1.165, 1.54) is 76.6 Å². The molecule has 716 valence electrons. The van der Waals surface area contributed by atoms with Gasteiger partial charge in [0, 0.05) is 50.9 Å². The number of primary amides is 2. The Balaban J connectivity index is 1.47. The van der Waals surface area contributed by atoms with Gasteiger partial charge in [0.15, 0.2) is 6.61 Å². The van der Waals surface area contributed by atoms with Gasteiger partial charge in [-0.3, -0.25) is 86.5 Å². The van der Waals surface area contributed by atoms with Crippen LogP contribution < -0.4 is 85.3 Å². The lowest BCUT2D eigenvalue weighted by atomic mass is 9.97. The second kappa shape index (κ2) is 52.4. The largest absolute Gasteiger partial charge is 0.482 e. The van der Waals surface area contributed by atoms with Crippen molar-refractivity contribution in [2.75, 3.05) is 31.8 Å². The van der Waals surface area contributed by atoms with E-state index in [9.17, 15) is 68.1 Å². The highest BCUT2D eigenvalue weighted by Crippen LogP contribution is 2.23. The number of aliphatic carboxylic acids is 2. The number of carbonyl (C=O) groups is 18. The van der Waals surface area contributed by atoms with E-state index in [1.807, 2.05) is 30.3 Å². The Bertz CT molecular complexity index is 4850. The van der Waals surface area contributed by atoms with Gasteiger partial charge in [-0.15, -0.1) is 11.8 Å². The molecule has 5 aromatic rings. The number of thioether (sulfide) groups is 1. The van der Waals surface area contributed by atoms with E-state index < -0.39 is 240 Å². The molecular weight excluding hydrogens is 1730 g/mol. The van der Waals surface area contributed by atoms with Crippen molar-refractivity contribution in [3.8, 4) is 16.9 Å². The maximum Gasteiger partial charge on any atom is 0.341 e. The van der Waals surface area contributed by atoms with Crippen molar-refractivity contribution in [3.05, 3.63) is 155 Å². The van der Waals surface area contributed by atoms with Gasteiger partial charge in [0.2, 0.25) is 94.5 Å². The molecule has 1 fully saturated rings. The molecule has 0 unspecified atom stereocenters. The molecule has 0 spiro atoms. The van der Waals surface area contributed by atoms with Crippen molar-refractivity contribution in [1.82, 2.24) is 79.0 Å². The monoisotopic (exact) mass is 1850 g/mol. The highest BCUT2D eigenvalue weighted by molar-refractivity contribution is 8.00. The van der Waals surface area contributed by atoms with E-state index in [-0.39, 0.29) is 68.4 Å². The zero-order valence-corrected chi connectivity index (χ0v) is 77.2. The van der Waals surface area contributed by atoms with Crippen molar-refractivity contribution < 1.29 is 106 Å². The summed E-state index contributed by atoms with van der Waals surface area (Å²) in [5.74, 6) is -23.1. The van der Waals surface area contributed by atoms with Crippen LogP contribution in [-0.4, -0.2) is 248 Å². The quantitative estimate of drug-likeness (QED) is 0.0345. The molecule has 132 heavy (non-hydrogen) atoms. The average Bonchev–Trinajstić information content (AvgIpc) is 0.826. The standard InChI is InChI=1S/C92H125N17O22S/c1-48(2)34-62-81(119)103-69(42-73(93)111)86(124)99-64(36-50(5)6)88(126)107-77(51(7)8)91(129)105-71(44-110)90(128)106-72(79(94)117)46-132-47-74(112)96-65(38-56-24-28-61(29-25-56)131-45-76(115)116)83(121)100-66(40-57-30-32-95-33-31-57)84(122)104-70(43-75(113)114)87(125)102-68(41-58-19-17-18-53(11)37-58)85(123)98-63(35-49(3)4)82(120)101-67(39-55-22-26-60(27-23-55)59-20-15-14-16-21-59)89(127)108-78(52(9)10)92(130)109(13)54(12)80(118)97-62/h14-33,37,48-52,54,62-72,77-78,110H,34-36,38-47H2,1-13H3,(H2,93,111)(H2,94,117)(H,96,112)(H,97,118)(H,98,123)(H,99,124)(H,100,121)(H,101,120)(H,102,125)(H,103,119)(H,104,122)(H,105,129)(H,106,128)(H,107,126)(H,108,127)(H,113,114)(H,115,116)/t54-,62+,63-,64-,65-,66-,67-,68-,69-,70-,71-,72-,77-,78-/m0/s1. The smallest absolute Gasteiger partial charge is 0.341 e. The lowest BCUT2D eigenvalue weighted by molar-refractivity contribution is -0.143. The summed E-state index contributed by atoms with van der Waals surface area (Å²) in [4.78, 5) is 262. The second-order valence-corrected chi connectivity index (χ2v) is 35.7. The summed E-state index contributed by atoms with van der Waals surface area (Å²) in [6.07, 6.45) is -0.893. The molecule has 0 radical (unpaired) electrons. The molecule has 14 atom stereocenters. The third-order valence-corrected chi connectivity index (χ3v) is 22.4. The Labute approximate surface area is 770 Å². The number of nitrogens with zero attached hydrogens (tertiary/aromatic N) is 2. The van der Waals surface area contributed by atoms with Gasteiger partial charge in [0.25, 0.3) is 0 Å². The Morgan fingerprint density at radius 3 is 1.28 bits per heavy atom. The molecule has 39 nitrogen and oxygen atoms in total. The van der Waals surface area contributed by atoms with Gasteiger partial charge in [-0.1, -0.05) is 166 Å². The van der Waals surface area contributed by atoms with Crippen LogP contribution in [-0.2, 0) is 112 Å². The van der Waals surface area contributed by atoms with Crippen LogP contribution in [0.15, 0.2) is 128 Å². The van der Waals surface area contributed by atoms with E-state index in [0.717, 1.165) is 16.0 Å². The molecule has 40 heteroatoms. The van der Waals surface area contributed by atoms with Crippen LogP contribution in [0.3, 0.4) is 0 Å². The first-order valence-electron chi connectivity index (χ1n) is 43.5. The minimum Gasteiger partial charge on any atom is -0.482 e. The van der Waals surface area contributed by atoms with E-state index in [2.05, 4.69) is 74.1 Å². The molecule has 1 saturated heterocycles. The predicted octanol–water partition coefficient (Wildman–Crippen LogP) is -0.0349. The Kier molecular flexibility index (Phi) is 42.7. The lowest BCUT2D eigenvalue weighted by Gasteiger charge is -2.33. The number of nitrogens with two attached hydrogens (primary N) is 2. The number of benzene rings is 4. The Morgan fingerprint density at radius 1 is 0.432 bits per heavy atom. The zero-order chi connectivity index (χ0) is 97.9. The average molecular weight is 1850 g/mol. The molecule has 1 aromatic heterocycles. The number of ether oxygens (including phenoxy) is 1. The van der Waals surface area contributed by atoms with Crippen LogP contribution in [0.25, 0.3) is 11.1 Å². The number of carboxylic acids is 2. The topological polar surface area (TPSA) is 602 Å². The lowest BCUT2D eigenvalue weighted by Crippen LogP contribution is -2.62. The molecule has 0 saturated carbocycles. The fourth-order valence-electron chi connectivity index (χ4n) is 14.1. The minimum atomic E-state index is -2.05. The van der Waals surface area contributed by atoms with Crippen LogP contribution in [0.1, 0.15) is 136 Å². The number of rotatable bonds is 26. The number of aryl methyl sites for hydroxylation is 1. The number of carboxylic acid groups (broad SMARTS) is 2. The molecule has 2 heterocycles. The van der Waals surface area contributed by atoms with E-state index >= 15 is 33.6 Å². The third-order valence-electron chi connectivity index (χ3n) is 21.3. The normalized spacial score (nSPS) is 23.4. The molecule has 1 aliphatic heterocycles. The summed E-state index contributed by atoms with van der Waals surface area (Å²) >= 11 is 0.704. The number of aliphatic hydroxyl groups is 1. The van der Waals surface area contributed by atoms with Gasteiger partial charge in [0.1, 0.15) is 90.3 Å². The maximum absolute atomic E-state index is 15.3. The summed E-state index contributed by atoms with van der Waals surface area (Å²) < 4.78 is 5.29. The van der Waals surface area contributed by atoms with Gasteiger partial charge in [-0.25, -0.2) is 4.79 Å². The molecule has 0 bridgehead atoms. The molecule has 16 amide bonds. The number of amides is 16. The summed E-state index contributed by atoms with van der Waals surface area (Å²) in [5.41, 5.74) is 15.4. The first-order valence-corrected chi connectivity index (χ1v) is 44.7. The fourth-order valence-corrected chi connectivity index (χ4v) is 15.0. The molecule has 1 aliphatic rings.